The second-order valence-electron chi connectivity index (χ2n) is 2.07. The quantitative estimate of drug-likeness (QED) is 0.542. The van der Waals surface area contributed by atoms with Crippen LogP contribution in [-0.2, 0) is 9.53 Å². The molecule has 0 aliphatic carbocycles. The summed E-state index contributed by atoms with van der Waals surface area (Å²) in [5.74, 6) is -0.0295. The predicted octanol–water partition coefficient (Wildman–Crippen LogP) is 0.625. The molecule has 0 unspecified atom stereocenters. The molecule has 0 aromatic heterocycles. The third-order valence-electron chi connectivity index (χ3n) is 0.938. The number of ether oxygens (including phenoxy) is 1. The summed E-state index contributed by atoms with van der Waals surface area (Å²) in [5, 5.41) is 0. The largest absolute Gasteiger partial charge is 0.492 e. The van der Waals surface area contributed by atoms with Crippen LogP contribution < -0.4 is 0 Å². The number of likely N-dealkylation sites (N-methyl/N-ethyl adjacent to an activating group) is 1. The van der Waals surface area contributed by atoms with E-state index in [2.05, 4.69) is 0 Å². The smallest absolute Gasteiger partial charge is 0.259 e. The number of rotatable bonds is 3. The first-order valence-electron chi connectivity index (χ1n) is 3.11. The highest BCUT2D eigenvalue weighted by atomic mass is 16.5. The van der Waals surface area contributed by atoms with E-state index in [9.17, 15) is 4.79 Å². The van der Waals surface area contributed by atoms with E-state index in [-0.39, 0.29) is 12.5 Å². The molecule has 0 heterocycles. The summed E-state index contributed by atoms with van der Waals surface area (Å²) in [6.07, 6.45) is 3.24. The van der Waals surface area contributed by atoms with E-state index in [4.69, 9.17) is 4.74 Å². The van der Waals surface area contributed by atoms with Crippen molar-refractivity contribution >= 4 is 5.91 Å². The molecule has 0 bridgehead atoms. The van der Waals surface area contributed by atoms with Crippen LogP contribution in [0.4, 0.5) is 0 Å². The average molecular weight is 143 g/mol. The van der Waals surface area contributed by atoms with Gasteiger partial charge in [0.2, 0.25) is 0 Å². The van der Waals surface area contributed by atoms with Crippen molar-refractivity contribution < 1.29 is 9.53 Å². The molecule has 0 spiro atoms. The highest BCUT2D eigenvalue weighted by Crippen LogP contribution is 1.82. The van der Waals surface area contributed by atoms with E-state index < -0.39 is 0 Å². The van der Waals surface area contributed by atoms with Gasteiger partial charge < -0.3 is 9.64 Å². The van der Waals surface area contributed by atoms with Crippen molar-refractivity contribution in [1.82, 2.24) is 4.90 Å². The lowest BCUT2D eigenvalue weighted by Gasteiger charge is -2.08. The Morgan fingerprint density at radius 2 is 2.20 bits per heavy atom. The Hall–Kier alpha value is -0.990. The second kappa shape index (κ2) is 4.85. The van der Waals surface area contributed by atoms with Gasteiger partial charge in [-0.1, -0.05) is 6.08 Å². The SMILES string of the molecule is C/C=C/OCC(=O)N(C)C. The number of carbonyl (C=O) groups is 1. The molecule has 3 heteroatoms. The van der Waals surface area contributed by atoms with Gasteiger partial charge in [-0.2, -0.15) is 0 Å². The first kappa shape index (κ1) is 9.01. The predicted molar refractivity (Wildman–Crippen MR) is 39.5 cm³/mol. The van der Waals surface area contributed by atoms with Crippen molar-refractivity contribution in [2.24, 2.45) is 0 Å². The summed E-state index contributed by atoms with van der Waals surface area (Å²) >= 11 is 0. The Balaban J connectivity index is 3.40. The Morgan fingerprint density at radius 3 is 2.60 bits per heavy atom. The van der Waals surface area contributed by atoms with Crippen LogP contribution in [0.25, 0.3) is 0 Å². The Bertz CT molecular complexity index is 130. The highest BCUT2D eigenvalue weighted by Gasteiger charge is 2.00. The maximum absolute atomic E-state index is 10.8. The topological polar surface area (TPSA) is 29.5 Å². The zero-order chi connectivity index (χ0) is 7.98. The highest BCUT2D eigenvalue weighted by molar-refractivity contribution is 5.76. The lowest BCUT2D eigenvalue weighted by Crippen LogP contribution is -2.25. The molecule has 0 N–H and O–H groups in total. The molecule has 0 aliphatic rings. The van der Waals surface area contributed by atoms with Crippen molar-refractivity contribution in [3.63, 3.8) is 0 Å². The van der Waals surface area contributed by atoms with Crippen molar-refractivity contribution in [3.8, 4) is 0 Å². The van der Waals surface area contributed by atoms with Crippen LogP contribution in [0.15, 0.2) is 12.3 Å². The normalized spacial score (nSPS) is 9.90. The number of nitrogens with zero attached hydrogens (tertiary/aromatic N) is 1. The van der Waals surface area contributed by atoms with Gasteiger partial charge in [0.05, 0.1) is 6.26 Å². The summed E-state index contributed by atoms with van der Waals surface area (Å²) in [6, 6.07) is 0. The zero-order valence-corrected chi connectivity index (χ0v) is 6.63. The third-order valence-corrected chi connectivity index (χ3v) is 0.938. The van der Waals surface area contributed by atoms with Crippen molar-refractivity contribution in [3.05, 3.63) is 12.3 Å². The van der Waals surface area contributed by atoms with E-state index in [0.717, 1.165) is 0 Å². The fraction of sp³-hybridized carbons (Fsp3) is 0.571. The number of allylic oxidation sites excluding steroid dienone is 1. The van der Waals surface area contributed by atoms with Crippen LogP contribution in [-0.4, -0.2) is 31.5 Å². The lowest BCUT2D eigenvalue weighted by molar-refractivity contribution is -0.131. The molecule has 0 saturated carbocycles. The first-order chi connectivity index (χ1) is 4.68. The van der Waals surface area contributed by atoms with Crippen LogP contribution >= 0.6 is 0 Å². The summed E-state index contributed by atoms with van der Waals surface area (Å²) in [6.45, 7) is 1.96. The maximum Gasteiger partial charge on any atom is 0.259 e. The van der Waals surface area contributed by atoms with Crippen LogP contribution in [0.1, 0.15) is 6.92 Å². The van der Waals surface area contributed by atoms with Crippen molar-refractivity contribution in [1.29, 1.82) is 0 Å². The van der Waals surface area contributed by atoms with Crippen LogP contribution in [0, 0.1) is 0 Å². The molecule has 58 valence electrons. The summed E-state index contributed by atoms with van der Waals surface area (Å²) in [7, 11) is 3.39. The fourth-order valence-corrected chi connectivity index (χ4v) is 0.345. The number of amides is 1. The molecule has 0 saturated heterocycles. The zero-order valence-electron chi connectivity index (χ0n) is 6.63. The van der Waals surface area contributed by atoms with Gasteiger partial charge >= 0.3 is 0 Å². The number of hydrogen-bond acceptors (Lipinski definition) is 2. The Labute approximate surface area is 61.3 Å². The van der Waals surface area contributed by atoms with Crippen molar-refractivity contribution in [2.75, 3.05) is 20.7 Å². The van der Waals surface area contributed by atoms with Crippen LogP contribution in [0.3, 0.4) is 0 Å². The molecule has 0 rings (SSSR count). The van der Waals surface area contributed by atoms with E-state index in [1.165, 1.54) is 11.2 Å². The standard InChI is InChI=1S/C7H13NO2/c1-4-5-10-6-7(9)8(2)3/h4-5H,6H2,1-3H3/b5-4+. The summed E-state index contributed by atoms with van der Waals surface area (Å²) in [5.41, 5.74) is 0. The molecule has 0 radical (unpaired) electrons. The van der Waals surface area contributed by atoms with Gasteiger partial charge in [0.25, 0.3) is 5.91 Å². The molecule has 0 fully saturated rings. The van der Waals surface area contributed by atoms with Gasteiger partial charge in [-0.3, -0.25) is 4.79 Å². The third kappa shape index (κ3) is 3.95. The fourth-order valence-electron chi connectivity index (χ4n) is 0.345. The van der Waals surface area contributed by atoms with Gasteiger partial charge in [0.15, 0.2) is 6.61 Å². The molecular formula is C7H13NO2. The minimum absolute atomic E-state index is 0.0295. The minimum Gasteiger partial charge on any atom is -0.492 e. The summed E-state index contributed by atoms with van der Waals surface area (Å²) in [4.78, 5) is 12.3. The minimum atomic E-state index is -0.0295. The van der Waals surface area contributed by atoms with E-state index in [1.807, 2.05) is 6.92 Å². The first-order valence-corrected chi connectivity index (χ1v) is 3.11. The maximum atomic E-state index is 10.8. The average Bonchev–Trinajstić information content (AvgIpc) is 1.88. The number of carbonyl (C=O) groups excluding carboxylic acids is 1. The van der Waals surface area contributed by atoms with Gasteiger partial charge in [-0.15, -0.1) is 0 Å². The van der Waals surface area contributed by atoms with E-state index in [0.29, 0.717) is 0 Å². The second-order valence-corrected chi connectivity index (χ2v) is 2.07. The lowest BCUT2D eigenvalue weighted by atomic mass is 10.6. The van der Waals surface area contributed by atoms with Gasteiger partial charge in [-0.05, 0) is 6.92 Å². The van der Waals surface area contributed by atoms with Crippen LogP contribution in [0.5, 0.6) is 0 Å². The Morgan fingerprint density at radius 1 is 1.60 bits per heavy atom. The molecular weight excluding hydrogens is 130 g/mol. The van der Waals surface area contributed by atoms with Crippen molar-refractivity contribution in [2.45, 2.75) is 6.92 Å². The van der Waals surface area contributed by atoms with E-state index >= 15 is 0 Å². The molecule has 0 aromatic rings. The molecule has 10 heavy (non-hydrogen) atoms. The number of hydrogen-bond donors (Lipinski definition) is 0. The molecule has 0 aromatic carbocycles. The molecule has 0 atom stereocenters. The monoisotopic (exact) mass is 143 g/mol. The van der Waals surface area contributed by atoms with Gasteiger partial charge in [-0.25, -0.2) is 0 Å². The summed E-state index contributed by atoms with van der Waals surface area (Å²) < 4.78 is 4.83. The van der Waals surface area contributed by atoms with Crippen LogP contribution in [0.2, 0.25) is 0 Å². The van der Waals surface area contributed by atoms with E-state index in [1.54, 1.807) is 20.2 Å². The van der Waals surface area contributed by atoms with Gasteiger partial charge in [0.1, 0.15) is 0 Å². The molecule has 1 amide bonds. The molecule has 3 nitrogen and oxygen atoms in total. The van der Waals surface area contributed by atoms with Gasteiger partial charge in [0, 0.05) is 14.1 Å². The Kier molecular flexibility index (Phi) is 4.37. The molecule has 0 aliphatic heterocycles.